The summed E-state index contributed by atoms with van der Waals surface area (Å²) in [6.07, 6.45) is -2.93. The molecule has 0 aromatic carbocycles. The van der Waals surface area contributed by atoms with Crippen LogP contribution in [0.5, 0.6) is 5.75 Å². The van der Waals surface area contributed by atoms with Gasteiger partial charge >= 0.3 is 5.97 Å². The zero-order chi connectivity index (χ0) is 11.6. The molecular formula is C8H7F2NO4. The first-order valence-corrected chi connectivity index (χ1v) is 3.80. The highest BCUT2D eigenvalue weighted by Gasteiger charge is 2.20. The number of ether oxygens (including phenoxy) is 1. The number of nitrogens with one attached hydrogen (secondary N) is 1. The average Bonchev–Trinajstić information content (AvgIpc) is 2.16. The molecule has 1 aromatic rings. The molecular weight excluding hydrogens is 212 g/mol. The molecule has 7 heteroatoms. The number of esters is 1. The summed E-state index contributed by atoms with van der Waals surface area (Å²) in [7, 11) is 1.00. The number of hydrogen-bond donors (Lipinski definition) is 2. The van der Waals surface area contributed by atoms with E-state index < -0.39 is 35.0 Å². The lowest BCUT2D eigenvalue weighted by atomic mass is 10.2. The maximum Gasteiger partial charge on any atom is 0.347 e. The van der Waals surface area contributed by atoms with Gasteiger partial charge in [0.25, 0.3) is 12.0 Å². The molecule has 2 N–H and O–H groups in total. The SMILES string of the molecule is COC(=O)c1c(O)cc(C(F)F)[nH]c1=O. The quantitative estimate of drug-likeness (QED) is 0.721. The summed E-state index contributed by atoms with van der Waals surface area (Å²) in [6.45, 7) is 0. The van der Waals surface area contributed by atoms with Crippen LogP contribution in [-0.4, -0.2) is 23.2 Å². The van der Waals surface area contributed by atoms with Crippen LogP contribution in [0.25, 0.3) is 0 Å². The number of hydrogen-bond acceptors (Lipinski definition) is 4. The number of pyridine rings is 1. The summed E-state index contributed by atoms with van der Waals surface area (Å²) in [4.78, 5) is 23.8. The Bertz CT molecular complexity index is 441. The van der Waals surface area contributed by atoms with Crippen molar-refractivity contribution in [3.63, 3.8) is 0 Å². The number of carbonyl (C=O) groups is 1. The lowest BCUT2D eigenvalue weighted by Gasteiger charge is -2.04. The monoisotopic (exact) mass is 219 g/mol. The molecule has 1 aromatic heterocycles. The summed E-state index contributed by atoms with van der Waals surface area (Å²) in [6, 6.07) is 0.609. The number of H-pyrrole nitrogens is 1. The first-order valence-electron chi connectivity index (χ1n) is 3.80. The van der Waals surface area contributed by atoms with E-state index in [1.54, 1.807) is 4.98 Å². The number of methoxy groups -OCH3 is 1. The summed E-state index contributed by atoms with van der Waals surface area (Å²) in [5, 5.41) is 9.17. The molecule has 82 valence electrons. The average molecular weight is 219 g/mol. The fourth-order valence-electron chi connectivity index (χ4n) is 0.982. The van der Waals surface area contributed by atoms with E-state index >= 15 is 0 Å². The molecule has 0 spiro atoms. The summed E-state index contributed by atoms with van der Waals surface area (Å²) in [5.74, 6) is -1.92. The van der Waals surface area contributed by atoms with E-state index in [1.807, 2.05) is 0 Å². The topological polar surface area (TPSA) is 79.4 Å². The second kappa shape index (κ2) is 4.07. The van der Waals surface area contributed by atoms with Gasteiger partial charge < -0.3 is 14.8 Å². The molecule has 0 aliphatic carbocycles. The van der Waals surface area contributed by atoms with Gasteiger partial charge in [0.15, 0.2) is 5.56 Å². The van der Waals surface area contributed by atoms with Gasteiger partial charge in [-0.15, -0.1) is 0 Å². The Morgan fingerprint density at radius 1 is 1.60 bits per heavy atom. The molecule has 1 heterocycles. The molecule has 0 bridgehead atoms. The molecule has 0 saturated carbocycles. The molecule has 5 nitrogen and oxygen atoms in total. The van der Waals surface area contributed by atoms with Crippen LogP contribution in [-0.2, 0) is 4.74 Å². The number of halogens is 2. The van der Waals surface area contributed by atoms with Gasteiger partial charge in [-0.2, -0.15) is 0 Å². The third-order valence-electron chi connectivity index (χ3n) is 1.66. The van der Waals surface area contributed by atoms with Crippen molar-refractivity contribution >= 4 is 5.97 Å². The van der Waals surface area contributed by atoms with Crippen LogP contribution >= 0.6 is 0 Å². The second-order valence-corrected chi connectivity index (χ2v) is 2.61. The Kier molecular flexibility index (Phi) is 3.03. The largest absolute Gasteiger partial charge is 0.507 e. The van der Waals surface area contributed by atoms with Crippen molar-refractivity contribution in [1.82, 2.24) is 4.98 Å². The van der Waals surface area contributed by atoms with Crippen molar-refractivity contribution in [2.75, 3.05) is 7.11 Å². The second-order valence-electron chi connectivity index (χ2n) is 2.61. The van der Waals surface area contributed by atoms with E-state index in [4.69, 9.17) is 5.11 Å². The molecule has 0 fully saturated rings. The Labute approximate surface area is 82.3 Å². The molecule has 0 saturated heterocycles. The molecule has 0 atom stereocenters. The highest BCUT2D eigenvalue weighted by atomic mass is 19.3. The van der Waals surface area contributed by atoms with Crippen molar-refractivity contribution < 1.29 is 23.4 Å². The van der Waals surface area contributed by atoms with E-state index in [2.05, 4.69) is 4.74 Å². The van der Waals surface area contributed by atoms with Gasteiger partial charge in [0.05, 0.1) is 12.8 Å². The van der Waals surface area contributed by atoms with E-state index in [0.717, 1.165) is 7.11 Å². The number of rotatable bonds is 2. The molecule has 0 unspecified atom stereocenters. The molecule has 0 amide bonds. The summed E-state index contributed by atoms with van der Waals surface area (Å²) >= 11 is 0. The van der Waals surface area contributed by atoms with E-state index in [0.29, 0.717) is 6.07 Å². The van der Waals surface area contributed by atoms with Crippen molar-refractivity contribution in [3.8, 4) is 5.75 Å². The van der Waals surface area contributed by atoms with Crippen molar-refractivity contribution in [2.24, 2.45) is 0 Å². The Morgan fingerprint density at radius 2 is 2.20 bits per heavy atom. The highest BCUT2D eigenvalue weighted by Crippen LogP contribution is 2.21. The first-order chi connectivity index (χ1) is 6.97. The van der Waals surface area contributed by atoms with Gasteiger partial charge in [-0.3, -0.25) is 4.79 Å². The van der Waals surface area contributed by atoms with Crippen LogP contribution in [0.4, 0.5) is 8.78 Å². The Morgan fingerprint density at radius 3 is 2.60 bits per heavy atom. The van der Waals surface area contributed by atoms with Crippen LogP contribution in [0.15, 0.2) is 10.9 Å². The lowest BCUT2D eigenvalue weighted by molar-refractivity contribution is 0.0594. The fraction of sp³-hybridized carbons (Fsp3) is 0.250. The smallest absolute Gasteiger partial charge is 0.347 e. The normalized spacial score (nSPS) is 10.4. The number of carbonyl (C=O) groups excluding carboxylic acids is 1. The van der Waals surface area contributed by atoms with Crippen LogP contribution in [0.1, 0.15) is 22.5 Å². The van der Waals surface area contributed by atoms with Crippen LogP contribution in [0.3, 0.4) is 0 Å². The van der Waals surface area contributed by atoms with Crippen LogP contribution in [0, 0.1) is 0 Å². The fourth-order valence-corrected chi connectivity index (χ4v) is 0.982. The molecule has 0 aliphatic rings. The zero-order valence-corrected chi connectivity index (χ0v) is 7.58. The van der Waals surface area contributed by atoms with E-state index in [9.17, 15) is 18.4 Å². The van der Waals surface area contributed by atoms with Crippen molar-refractivity contribution in [3.05, 3.63) is 27.7 Å². The zero-order valence-electron chi connectivity index (χ0n) is 7.58. The third-order valence-corrected chi connectivity index (χ3v) is 1.66. The molecule has 0 radical (unpaired) electrons. The van der Waals surface area contributed by atoms with Gasteiger partial charge in [0.2, 0.25) is 0 Å². The van der Waals surface area contributed by atoms with Crippen LogP contribution < -0.4 is 5.56 Å². The van der Waals surface area contributed by atoms with Gasteiger partial charge in [-0.1, -0.05) is 0 Å². The van der Waals surface area contributed by atoms with Crippen molar-refractivity contribution in [2.45, 2.75) is 6.43 Å². The van der Waals surface area contributed by atoms with E-state index in [-0.39, 0.29) is 0 Å². The standard InChI is InChI=1S/C8H7F2NO4/c1-15-8(14)5-4(12)2-3(6(9)10)11-7(5)13/h2,6H,1H3,(H2,11,12,13). The molecule has 15 heavy (non-hydrogen) atoms. The van der Waals surface area contributed by atoms with Gasteiger partial charge in [0, 0.05) is 6.07 Å². The summed E-state index contributed by atoms with van der Waals surface area (Å²) in [5.41, 5.74) is -2.57. The number of alkyl halides is 2. The maximum atomic E-state index is 12.1. The number of aromatic hydroxyl groups is 1. The Balaban J connectivity index is 3.34. The third kappa shape index (κ3) is 2.12. The minimum Gasteiger partial charge on any atom is -0.507 e. The first kappa shape index (κ1) is 11.2. The maximum absolute atomic E-state index is 12.1. The van der Waals surface area contributed by atoms with E-state index in [1.165, 1.54) is 0 Å². The lowest BCUT2D eigenvalue weighted by Crippen LogP contribution is -2.20. The summed E-state index contributed by atoms with van der Waals surface area (Å²) < 4.78 is 28.5. The van der Waals surface area contributed by atoms with Crippen molar-refractivity contribution in [1.29, 1.82) is 0 Å². The molecule has 0 aliphatic heterocycles. The highest BCUT2D eigenvalue weighted by molar-refractivity contribution is 5.91. The number of aromatic amines is 1. The molecule has 1 rings (SSSR count). The minimum absolute atomic E-state index is 0.609. The number of aromatic nitrogens is 1. The van der Waals surface area contributed by atoms with Gasteiger partial charge in [-0.25, -0.2) is 13.6 Å². The Hall–Kier alpha value is -1.92. The minimum atomic E-state index is -2.93. The van der Waals surface area contributed by atoms with Gasteiger partial charge in [-0.05, 0) is 0 Å². The van der Waals surface area contributed by atoms with Gasteiger partial charge in [0.1, 0.15) is 5.75 Å². The predicted octanol–water partition coefficient (Wildman–Crippen LogP) is 0.805. The predicted molar refractivity (Wildman–Crippen MR) is 45.0 cm³/mol. The van der Waals surface area contributed by atoms with Crippen LogP contribution in [0.2, 0.25) is 0 Å².